The number of amides is 2. The average molecular weight is 370 g/mol. The van der Waals surface area contributed by atoms with Crippen LogP contribution in [0.15, 0.2) is 42.5 Å². The number of thioether (sulfide) groups is 1. The molecule has 0 unspecified atom stereocenters. The third kappa shape index (κ3) is 4.08. The van der Waals surface area contributed by atoms with Crippen molar-refractivity contribution in [2.45, 2.75) is 19.2 Å². The Balaban J connectivity index is 1.90. The molecule has 0 aromatic heterocycles. The second kappa shape index (κ2) is 7.93. The fourth-order valence-corrected chi connectivity index (χ4v) is 4.30. The average Bonchev–Trinajstić information content (AvgIpc) is 2.96. The molecule has 26 heavy (non-hydrogen) atoms. The summed E-state index contributed by atoms with van der Waals surface area (Å²) >= 11 is 1.60. The first-order valence-corrected chi connectivity index (χ1v) is 9.43. The van der Waals surface area contributed by atoms with Crippen molar-refractivity contribution in [3.63, 3.8) is 0 Å². The Bertz CT molecular complexity index is 817. The largest absolute Gasteiger partial charge is 0.375 e. The molecule has 1 saturated heterocycles. The predicted molar refractivity (Wildman–Crippen MR) is 106 cm³/mol. The Kier molecular flexibility index (Phi) is 5.64. The molecule has 2 aromatic rings. The van der Waals surface area contributed by atoms with Crippen molar-refractivity contribution in [1.82, 2.24) is 0 Å². The Morgan fingerprint density at radius 1 is 1.23 bits per heavy atom. The highest BCUT2D eigenvalue weighted by atomic mass is 32.2. The number of hydrogen-bond acceptors (Lipinski definition) is 4. The van der Waals surface area contributed by atoms with Gasteiger partial charge >= 0.3 is 0 Å². The van der Waals surface area contributed by atoms with E-state index in [1.807, 2.05) is 55.1 Å². The van der Waals surface area contributed by atoms with Gasteiger partial charge in [0.1, 0.15) is 12.0 Å². The third-order valence-corrected chi connectivity index (χ3v) is 5.30. The quantitative estimate of drug-likeness (QED) is 0.872. The van der Waals surface area contributed by atoms with Crippen LogP contribution in [0.2, 0.25) is 0 Å². The molecule has 3 rings (SSSR count). The Hall–Kier alpha value is -2.31. The summed E-state index contributed by atoms with van der Waals surface area (Å²) in [5.41, 5.74) is 4.85. The highest BCUT2D eigenvalue weighted by Gasteiger charge is 2.34. The number of ether oxygens (including phenoxy) is 1. The number of benzene rings is 2. The molecule has 0 aliphatic carbocycles. The van der Waals surface area contributed by atoms with E-state index in [9.17, 15) is 9.59 Å². The molecule has 136 valence electrons. The van der Waals surface area contributed by atoms with Crippen molar-refractivity contribution in [1.29, 1.82) is 0 Å². The van der Waals surface area contributed by atoms with Crippen molar-refractivity contribution in [2.24, 2.45) is 0 Å². The molecule has 1 aliphatic heterocycles. The number of aryl methyl sites for hydroxylation is 2. The summed E-state index contributed by atoms with van der Waals surface area (Å²) in [6, 6.07) is 13.8. The van der Waals surface area contributed by atoms with Gasteiger partial charge in [0.25, 0.3) is 0 Å². The number of rotatable bonds is 5. The summed E-state index contributed by atoms with van der Waals surface area (Å²) in [6.07, 6.45) is 0. The van der Waals surface area contributed by atoms with E-state index >= 15 is 0 Å². The van der Waals surface area contributed by atoms with E-state index in [-0.39, 0.29) is 23.8 Å². The van der Waals surface area contributed by atoms with Crippen LogP contribution >= 0.6 is 11.8 Å². The number of nitrogens with one attached hydrogen (secondary N) is 1. The van der Waals surface area contributed by atoms with Gasteiger partial charge in [-0.3, -0.25) is 14.5 Å². The van der Waals surface area contributed by atoms with Crippen LogP contribution in [0.3, 0.4) is 0 Å². The van der Waals surface area contributed by atoms with Gasteiger partial charge in [0.2, 0.25) is 11.8 Å². The van der Waals surface area contributed by atoms with Crippen LogP contribution in [0.25, 0.3) is 0 Å². The minimum Gasteiger partial charge on any atom is -0.375 e. The molecular formula is C20H22N2O3S. The van der Waals surface area contributed by atoms with Crippen molar-refractivity contribution in [2.75, 3.05) is 29.7 Å². The number of anilines is 2. The van der Waals surface area contributed by atoms with Crippen LogP contribution in [0.4, 0.5) is 11.4 Å². The lowest BCUT2D eigenvalue weighted by Gasteiger charge is -2.25. The van der Waals surface area contributed by atoms with Gasteiger partial charge in [0, 0.05) is 18.5 Å². The number of methoxy groups -OCH3 is 1. The molecule has 2 aromatic carbocycles. The van der Waals surface area contributed by atoms with Crippen LogP contribution in [0.5, 0.6) is 0 Å². The summed E-state index contributed by atoms with van der Waals surface area (Å²) in [4.78, 5) is 26.1. The zero-order chi connectivity index (χ0) is 18.7. The number of carbonyl (C=O) groups excluding carboxylic acids is 2. The minimum absolute atomic E-state index is 0.00951. The maximum Gasteiger partial charge on any atom is 0.250 e. The predicted octanol–water partition coefficient (Wildman–Crippen LogP) is 3.67. The zero-order valence-electron chi connectivity index (χ0n) is 15.1. The molecule has 1 atom stereocenters. The molecule has 1 aliphatic rings. The smallest absolute Gasteiger partial charge is 0.250 e. The highest BCUT2D eigenvalue weighted by Crippen LogP contribution is 2.42. The lowest BCUT2D eigenvalue weighted by Crippen LogP contribution is -2.28. The Morgan fingerprint density at radius 2 is 1.96 bits per heavy atom. The lowest BCUT2D eigenvalue weighted by atomic mass is 10.1. The molecule has 0 radical (unpaired) electrons. The van der Waals surface area contributed by atoms with Gasteiger partial charge in [-0.15, -0.1) is 11.8 Å². The van der Waals surface area contributed by atoms with Gasteiger partial charge in [0.05, 0.1) is 5.75 Å². The monoisotopic (exact) mass is 370 g/mol. The molecule has 0 spiro atoms. The molecule has 1 fully saturated rings. The lowest BCUT2D eigenvalue weighted by molar-refractivity contribution is -0.119. The first-order chi connectivity index (χ1) is 12.5. The van der Waals surface area contributed by atoms with Crippen LogP contribution in [0.1, 0.15) is 22.1 Å². The van der Waals surface area contributed by atoms with Crippen LogP contribution in [-0.4, -0.2) is 31.3 Å². The molecule has 5 nitrogen and oxygen atoms in total. The molecular weight excluding hydrogens is 348 g/mol. The number of nitrogens with zero attached hydrogens (tertiary/aromatic N) is 1. The zero-order valence-corrected chi connectivity index (χ0v) is 15.9. The fraction of sp³-hybridized carbons (Fsp3) is 0.300. The van der Waals surface area contributed by atoms with Crippen LogP contribution < -0.4 is 10.2 Å². The van der Waals surface area contributed by atoms with Crippen molar-refractivity contribution in [3.05, 3.63) is 59.2 Å². The third-order valence-electron chi connectivity index (χ3n) is 4.08. The summed E-state index contributed by atoms with van der Waals surface area (Å²) < 4.78 is 4.85. The van der Waals surface area contributed by atoms with E-state index in [0.717, 1.165) is 22.4 Å². The van der Waals surface area contributed by atoms with Crippen LogP contribution in [0, 0.1) is 13.8 Å². The molecule has 2 amide bonds. The number of hydrogen-bond donors (Lipinski definition) is 1. The first kappa shape index (κ1) is 18.5. The second-order valence-corrected chi connectivity index (χ2v) is 7.45. The minimum atomic E-state index is -0.203. The van der Waals surface area contributed by atoms with Crippen molar-refractivity contribution < 1.29 is 14.3 Å². The van der Waals surface area contributed by atoms with Gasteiger partial charge in [-0.1, -0.05) is 18.2 Å². The Morgan fingerprint density at radius 3 is 2.65 bits per heavy atom. The van der Waals surface area contributed by atoms with E-state index in [1.165, 1.54) is 7.11 Å². The van der Waals surface area contributed by atoms with Crippen LogP contribution in [-0.2, 0) is 14.3 Å². The van der Waals surface area contributed by atoms with E-state index < -0.39 is 0 Å². The van der Waals surface area contributed by atoms with Crippen molar-refractivity contribution in [3.8, 4) is 0 Å². The topological polar surface area (TPSA) is 58.6 Å². The van der Waals surface area contributed by atoms with E-state index in [2.05, 4.69) is 11.4 Å². The summed E-state index contributed by atoms with van der Waals surface area (Å²) in [6.45, 7) is 4.08. The fourth-order valence-electron chi connectivity index (χ4n) is 3.14. The molecule has 1 N–H and O–H groups in total. The SMILES string of the molecule is COCC(=O)Nc1cccc([C@@H]2SCC(=O)N2c2cc(C)cc(C)c2)c1. The maximum absolute atomic E-state index is 12.5. The van der Waals surface area contributed by atoms with Gasteiger partial charge in [-0.25, -0.2) is 0 Å². The molecule has 0 saturated carbocycles. The summed E-state index contributed by atoms with van der Waals surface area (Å²) in [5.74, 6) is 0.336. The van der Waals surface area contributed by atoms with E-state index in [1.54, 1.807) is 11.8 Å². The second-order valence-electron chi connectivity index (χ2n) is 6.38. The van der Waals surface area contributed by atoms with Gasteiger partial charge in [-0.05, 0) is 54.8 Å². The standard InChI is InChI=1S/C20H22N2O3S/c1-13-7-14(2)9-17(8-13)22-19(24)12-26-20(22)15-5-4-6-16(10-15)21-18(23)11-25-3/h4-10,20H,11-12H2,1-3H3,(H,21,23)/t20-/m0/s1. The molecule has 0 bridgehead atoms. The van der Waals surface area contributed by atoms with Gasteiger partial charge < -0.3 is 10.1 Å². The van der Waals surface area contributed by atoms with Crippen molar-refractivity contribution >= 4 is 35.0 Å². The number of carbonyl (C=O) groups is 2. The highest BCUT2D eigenvalue weighted by molar-refractivity contribution is 8.00. The Labute approximate surface area is 157 Å². The molecule has 1 heterocycles. The maximum atomic E-state index is 12.5. The first-order valence-electron chi connectivity index (χ1n) is 8.38. The van der Waals surface area contributed by atoms with Gasteiger partial charge in [0.15, 0.2) is 0 Å². The summed E-state index contributed by atoms with van der Waals surface area (Å²) in [5, 5.41) is 2.71. The summed E-state index contributed by atoms with van der Waals surface area (Å²) in [7, 11) is 1.48. The van der Waals surface area contributed by atoms with E-state index in [0.29, 0.717) is 11.4 Å². The van der Waals surface area contributed by atoms with Gasteiger partial charge in [-0.2, -0.15) is 0 Å². The normalized spacial score (nSPS) is 16.8. The molecule has 6 heteroatoms. The van der Waals surface area contributed by atoms with E-state index in [4.69, 9.17) is 4.74 Å².